The number of nitrogens with one attached hydrogen (secondary N) is 2. The Bertz CT molecular complexity index is 871. The molecule has 27 heavy (non-hydrogen) atoms. The van der Waals surface area contributed by atoms with E-state index in [4.69, 9.17) is 0 Å². The lowest BCUT2D eigenvalue weighted by Gasteiger charge is -2.14. The number of nitrogens with zero attached hydrogens (tertiary/aromatic N) is 2. The van der Waals surface area contributed by atoms with Crippen LogP contribution in [0, 0.1) is 0 Å². The molecule has 7 nitrogen and oxygen atoms in total. The van der Waals surface area contributed by atoms with Gasteiger partial charge in [-0.3, -0.25) is 4.79 Å². The molecule has 146 valence electrons. The highest BCUT2D eigenvalue weighted by atomic mass is 32.2. The van der Waals surface area contributed by atoms with Crippen molar-refractivity contribution in [1.29, 1.82) is 0 Å². The number of carbonyl (C=O) groups is 1. The van der Waals surface area contributed by atoms with E-state index >= 15 is 0 Å². The fourth-order valence-corrected chi connectivity index (χ4v) is 6.32. The van der Waals surface area contributed by atoms with Crippen LogP contribution in [0.5, 0.6) is 0 Å². The van der Waals surface area contributed by atoms with Gasteiger partial charge in [0.15, 0.2) is 14.2 Å². The third-order valence-corrected chi connectivity index (χ3v) is 8.00. The second-order valence-corrected chi connectivity index (χ2v) is 11.2. The average molecular weight is 427 g/mol. The molecule has 1 aliphatic heterocycles. The van der Waals surface area contributed by atoms with Crippen molar-refractivity contribution < 1.29 is 13.2 Å². The first-order valence-corrected chi connectivity index (χ1v) is 12.2. The number of aromatic nitrogens is 2. The van der Waals surface area contributed by atoms with Gasteiger partial charge in [0.1, 0.15) is 0 Å². The number of thioether (sulfide) groups is 1. The lowest BCUT2D eigenvalue weighted by atomic mass is 10.2. The smallest absolute Gasteiger partial charge is 0.233 e. The van der Waals surface area contributed by atoms with Crippen LogP contribution in [0.1, 0.15) is 18.9 Å². The van der Waals surface area contributed by atoms with E-state index in [1.54, 1.807) is 6.92 Å². The van der Waals surface area contributed by atoms with Crippen LogP contribution in [-0.2, 0) is 21.1 Å². The number of hydrogen-bond donors (Lipinski definition) is 2. The first kappa shape index (κ1) is 20.1. The van der Waals surface area contributed by atoms with E-state index in [0.29, 0.717) is 10.8 Å². The van der Waals surface area contributed by atoms with E-state index in [1.807, 2.05) is 18.2 Å². The zero-order valence-electron chi connectivity index (χ0n) is 14.9. The SMILES string of the molecule is C[C@H](Sc1nnc(NCCc2ccccc2)s1)C(=O)N[C@@H]1CCS(=O)(=O)C1. The van der Waals surface area contributed by atoms with Crippen LogP contribution >= 0.6 is 23.1 Å². The molecule has 3 rings (SSSR count). The normalized spacial score (nSPS) is 19.5. The molecule has 0 bridgehead atoms. The van der Waals surface area contributed by atoms with E-state index in [2.05, 4.69) is 33.0 Å². The number of rotatable bonds is 8. The maximum Gasteiger partial charge on any atom is 0.233 e. The van der Waals surface area contributed by atoms with Crippen molar-refractivity contribution in [1.82, 2.24) is 15.5 Å². The number of sulfone groups is 1. The monoisotopic (exact) mass is 426 g/mol. The molecule has 0 radical (unpaired) electrons. The van der Waals surface area contributed by atoms with Gasteiger partial charge in [-0.2, -0.15) is 0 Å². The largest absolute Gasteiger partial charge is 0.360 e. The van der Waals surface area contributed by atoms with Crippen molar-refractivity contribution in [3.63, 3.8) is 0 Å². The summed E-state index contributed by atoms with van der Waals surface area (Å²) in [6.45, 7) is 2.54. The van der Waals surface area contributed by atoms with Gasteiger partial charge in [-0.05, 0) is 25.3 Å². The summed E-state index contributed by atoms with van der Waals surface area (Å²) in [6, 6.07) is 9.91. The van der Waals surface area contributed by atoms with Crippen molar-refractivity contribution in [2.75, 3.05) is 23.4 Å². The quantitative estimate of drug-likeness (QED) is 0.622. The second-order valence-electron chi connectivity index (χ2n) is 6.40. The zero-order valence-corrected chi connectivity index (χ0v) is 17.4. The van der Waals surface area contributed by atoms with E-state index in [0.717, 1.165) is 18.1 Å². The fourth-order valence-electron chi connectivity index (χ4n) is 2.72. The van der Waals surface area contributed by atoms with Gasteiger partial charge in [0.25, 0.3) is 0 Å². The highest BCUT2D eigenvalue weighted by Gasteiger charge is 2.30. The summed E-state index contributed by atoms with van der Waals surface area (Å²) in [7, 11) is -3.00. The van der Waals surface area contributed by atoms with Crippen molar-refractivity contribution in [3.05, 3.63) is 35.9 Å². The van der Waals surface area contributed by atoms with Crippen LogP contribution in [0.2, 0.25) is 0 Å². The Balaban J connectivity index is 1.43. The van der Waals surface area contributed by atoms with Crippen LogP contribution in [-0.4, -0.2) is 53.9 Å². The summed E-state index contributed by atoms with van der Waals surface area (Å²) in [5.41, 5.74) is 1.25. The number of benzene rings is 1. The lowest BCUT2D eigenvalue weighted by Crippen LogP contribution is -2.39. The molecule has 0 unspecified atom stereocenters. The predicted octanol–water partition coefficient (Wildman–Crippen LogP) is 1.98. The topological polar surface area (TPSA) is 101 Å². The second kappa shape index (κ2) is 9.03. The minimum absolute atomic E-state index is 0.0322. The number of anilines is 1. The van der Waals surface area contributed by atoms with Crippen molar-refractivity contribution >= 4 is 44.0 Å². The summed E-state index contributed by atoms with van der Waals surface area (Å²) in [6.07, 6.45) is 1.38. The minimum Gasteiger partial charge on any atom is -0.360 e. The Morgan fingerprint density at radius 2 is 2.11 bits per heavy atom. The Hall–Kier alpha value is -1.65. The van der Waals surface area contributed by atoms with Gasteiger partial charge < -0.3 is 10.6 Å². The van der Waals surface area contributed by atoms with Crippen molar-refractivity contribution in [2.45, 2.75) is 35.4 Å². The molecule has 1 amide bonds. The van der Waals surface area contributed by atoms with Gasteiger partial charge in [0.2, 0.25) is 11.0 Å². The van der Waals surface area contributed by atoms with Crippen LogP contribution in [0.25, 0.3) is 0 Å². The maximum atomic E-state index is 12.3. The molecule has 1 aromatic heterocycles. The van der Waals surface area contributed by atoms with Gasteiger partial charge in [-0.1, -0.05) is 53.4 Å². The molecule has 2 aromatic rings. The summed E-state index contributed by atoms with van der Waals surface area (Å²) in [5, 5.41) is 14.6. The third-order valence-electron chi connectivity index (χ3n) is 4.16. The van der Waals surface area contributed by atoms with Crippen LogP contribution in [0.15, 0.2) is 34.7 Å². The van der Waals surface area contributed by atoms with Gasteiger partial charge >= 0.3 is 0 Å². The van der Waals surface area contributed by atoms with Crippen LogP contribution < -0.4 is 10.6 Å². The Labute approximate surface area is 167 Å². The van der Waals surface area contributed by atoms with E-state index in [-0.39, 0.29) is 28.7 Å². The molecule has 2 N–H and O–H groups in total. The van der Waals surface area contributed by atoms with E-state index in [1.165, 1.54) is 28.7 Å². The Kier molecular flexibility index (Phi) is 6.72. The molecule has 0 saturated carbocycles. The number of amides is 1. The Morgan fingerprint density at radius 1 is 1.33 bits per heavy atom. The first-order chi connectivity index (χ1) is 12.9. The Morgan fingerprint density at radius 3 is 2.81 bits per heavy atom. The molecular formula is C17H22N4O3S3. The van der Waals surface area contributed by atoms with E-state index in [9.17, 15) is 13.2 Å². The van der Waals surface area contributed by atoms with Gasteiger partial charge in [0, 0.05) is 12.6 Å². The number of carbonyl (C=O) groups excluding carboxylic acids is 1. The predicted molar refractivity (Wildman–Crippen MR) is 109 cm³/mol. The molecule has 10 heteroatoms. The zero-order chi connectivity index (χ0) is 19.3. The number of hydrogen-bond acceptors (Lipinski definition) is 8. The molecule has 0 spiro atoms. The maximum absolute atomic E-state index is 12.3. The van der Waals surface area contributed by atoms with Crippen molar-refractivity contribution in [2.24, 2.45) is 0 Å². The average Bonchev–Trinajstić information content (AvgIpc) is 3.21. The van der Waals surface area contributed by atoms with Gasteiger partial charge in [-0.25, -0.2) is 8.42 Å². The lowest BCUT2D eigenvalue weighted by molar-refractivity contribution is -0.120. The summed E-state index contributed by atoms with van der Waals surface area (Å²) in [4.78, 5) is 12.3. The highest BCUT2D eigenvalue weighted by Crippen LogP contribution is 2.29. The molecule has 2 atom stereocenters. The third kappa shape index (κ3) is 6.18. The molecule has 1 aromatic carbocycles. The first-order valence-electron chi connectivity index (χ1n) is 8.70. The molecule has 1 aliphatic rings. The van der Waals surface area contributed by atoms with Crippen molar-refractivity contribution in [3.8, 4) is 0 Å². The highest BCUT2D eigenvalue weighted by molar-refractivity contribution is 8.02. The van der Waals surface area contributed by atoms with Crippen LogP contribution in [0.4, 0.5) is 5.13 Å². The van der Waals surface area contributed by atoms with Gasteiger partial charge in [0.05, 0.1) is 16.8 Å². The molecular weight excluding hydrogens is 404 g/mol. The van der Waals surface area contributed by atoms with E-state index < -0.39 is 9.84 Å². The summed E-state index contributed by atoms with van der Waals surface area (Å²) in [5.74, 6) is 0.00839. The summed E-state index contributed by atoms with van der Waals surface area (Å²) >= 11 is 2.74. The fraction of sp³-hybridized carbons (Fsp3) is 0.471. The standard InChI is InChI=1S/C17H22N4O3S3/c1-12(15(22)19-14-8-10-27(23,24)11-14)25-17-21-20-16(26-17)18-9-7-13-5-3-2-4-6-13/h2-6,12,14H,7-11H2,1H3,(H,18,20)(H,19,22)/t12-,14+/m0/s1. The molecule has 0 aliphatic carbocycles. The van der Waals surface area contributed by atoms with Gasteiger partial charge in [-0.15, -0.1) is 10.2 Å². The van der Waals surface area contributed by atoms with Crippen LogP contribution in [0.3, 0.4) is 0 Å². The summed E-state index contributed by atoms with van der Waals surface area (Å²) < 4.78 is 23.7. The molecule has 1 saturated heterocycles. The molecule has 2 heterocycles. The molecule has 1 fully saturated rings. The minimum atomic E-state index is -3.00.